The Labute approximate surface area is 89.6 Å². The van der Waals surface area contributed by atoms with E-state index in [4.69, 9.17) is 0 Å². The molecule has 0 atom stereocenters. The molecule has 0 bridgehead atoms. The van der Waals surface area contributed by atoms with Gasteiger partial charge in [-0.1, -0.05) is 13.8 Å². The molecule has 1 heterocycles. The van der Waals surface area contributed by atoms with Gasteiger partial charge in [0.1, 0.15) is 0 Å². The highest BCUT2D eigenvalue weighted by Crippen LogP contribution is 2.04. The van der Waals surface area contributed by atoms with Crippen molar-refractivity contribution in [3.05, 3.63) is 16.6 Å². The maximum Gasteiger partial charge on any atom is 0.0794 e. The summed E-state index contributed by atoms with van der Waals surface area (Å²) in [6.45, 7) is 5.23. The van der Waals surface area contributed by atoms with Crippen LogP contribution >= 0.6 is 36.2 Å². The number of nitrogens with one attached hydrogen (secondary N) is 1. The molecule has 0 aliphatic carbocycles. The van der Waals surface area contributed by atoms with Gasteiger partial charge in [-0.15, -0.1) is 36.2 Å². The first-order valence-electron chi connectivity index (χ1n) is 3.40. The summed E-state index contributed by atoms with van der Waals surface area (Å²) in [5, 5.41) is 3.32. The summed E-state index contributed by atoms with van der Waals surface area (Å²) in [4.78, 5) is 5.28. The van der Waals surface area contributed by atoms with E-state index in [1.54, 1.807) is 11.3 Å². The van der Waals surface area contributed by atoms with Crippen LogP contribution in [0.5, 0.6) is 0 Å². The number of thiazole rings is 1. The lowest BCUT2D eigenvalue weighted by Crippen LogP contribution is -2.21. The monoisotopic (exact) mass is 228 g/mol. The van der Waals surface area contributed by atoms with Gasteiger partial charge in [-0.2, -0.15) is 0 Å². The SMILES string of the molecule is CC(C)NCc1cncs1.Cl.Cl. The molecular weight excluding hydrogens is 215 g/mol. The minimum Gasteiger partial charge on any atom is -0.310 e. The quantitative estimate of drug-likeness (QED) is 0.861. The Morgan fingerprint density at radius 3 is 2.58 bits per heavy atom. The molecule has 0 saturated heterocycles. The molecule has 72 valence electrons. The van der Waals surface area contributed by atoms with Gasteiger partial charge in [-0.25, -0.2) is 0 Å². The molecule has 0 amide bonds. The fraction of sp³-hybridized carbons (Fsp3) is 0.571. The van der Waals surface area contributed by atoms with Crippen LogP contribution in [0.1, 0.15) is 18.7 Å². The van der Waals surface area contributed by atoms with Crippen molar-refractivity contribution in [1.29, 1.82) is 0 Å². The molecule has 1 N–H and O–H groups in total. The molecule has 0 fully saturated rings. The predicted molar refractivity (Wildman–Crippen MR) is 58.6 cm³/mol. The van der Waals surface area contributed by atoms with Crippen LogP contribution in [0, 0.1) is 0 Å². The van der Waals surface area contributed by atoms with Crippen molar-refractivity contribution < 1.29 is 0 Å². The topological polar surface area (TPSA) is 24.9 Å². The van der Waals surface area contributed by atoms with Crippen LogP contribution in [0.15, 0.2) is 11.7 Å². The van der Waals surface area contributed by atoms with Gasteiger partial charge in [0, 0.05) is 23.7 Å². The average Bonchev–Trinajstić information content (AvgIpc) is 2.34. The van der Waals surface area contributed by atoms with E-state index < -0.39 is 0 Å². The van der Waals surface area contributed by atoms with Crippen molar-refractivity contribution in [2.75, 3.05) is 0 Å². The number of halogens is 2. The first kappa shape index (κ1) is 14.7. The van der Waals surface area contributed by atoms with Gasteiger partial charge < -0.3 is 5.32 Å². The lowest BCUT2D eigenvalue weighted by Gasteiger charge is -2.04. The molecule has 0 unspecified atom stereocenters. The van der Waals surface area contributed by atoms with Crippen LogP contribution in [-0.2, 0) is 6.54 Å². The van der Waals surface area contributed by atoms with E-state index in [1.165, 1.54) is 4.88 Å². The Bertz CT molecular complexity index is 178. The predicted octanol–water partition coefficient (Wildman–Crippen LogP) is 2.48. The molecule has 1 aromatic rings. The summed E-state index contributed by atoms with van der Waals surface area (Å²) >= 11 is 1.69. The summed E-state index contributed by atoms with van der Waals surface area (Å²) in [7, 11) is 0. The van der Waals surface area contributed by atoms with Gasteiger partial charge in [-0.05, 0) is 0 Å². The molecule has 0 aromatic carbocycles. The standard InChI is InChI=1S/C7H12N2S.2ClH/c1-6(2)9-4-7-3-8-5-10-7;;/h3,5-6,9H,4H2,1-2H3;2*1H. The number of nitrogens with zero attached hydrogens (tertiary/aromatic N) is 1. The third-order valence-corrected chi connectivity index (χ3v) is 1.95. The zero-order valence-electron chi connectivity index (χ0n) is 7.11. The van der Waals surface area contributed by atoms with Crippen molar-refractivity contribution in [2.24, 2.45) is 0 Å². The van der Waals surface area contributed by atoms with E-state index in [-0.39, 0.29) is 24.8 Å². The normalized spacial score (nSPS) is 8.92. The minimum absolute atomic E-state index is 0. The third-order valence-electron chi connectivity index (χ3n) is 1.17. The summed E-state index contributed by atoms with van der Waals surface area (Å²) in [5.74, 6) is 0. The van der Waals surface area contributed by atoms with E-state index in [0.717, 1.165) is 6.54 Å². The second kappa shape index (κ2) is 7.80. The molecule has 0 radical (unpaired) electrons. The van der Waals surface area contributed by atoms with Crippen LogP contribution in [0.25, 0.3) is 0 Å². The smallest absolute Gasteiger partial charge is 0.0794 e. The fourth-order valence-electron chi connectivity index (χ4n) is 0.634. The van der Waals surface area contributed by atoms with Crippen LogP contribution in [0.4, 0.5) is 0 Å². The Balaban J connectivity index is 0. The van der Waals surface area contributed by atoms with E-state index in [1.807, 2.05) is 11.7 Å². The number of aromatic nitrogens is 1. The van der Waals surface area contributed by atoms with Gasteiger partial charge in [0.15, 0.2) is 0 Å². The van der Waals surface area contributed by atoms with Crippen LogP contribution in [-0.4, -0.2) is 11.0 Å². The maximum atomic E-state index is 3.98. The van der Waals surface area contributed by atoms with Crippen LogP contribution in [0.2, 0.25) is 0 Å². The highest BCUT2D eigenvalue weighted by molar-refractivity contribution is 7.09. The largest absolute Gasteiger partial charge is 0.310 e. The van der Waals surface area contributed by atoms with Crippen molar-refractivity contribution in [1.82, 2.24) is 10.3 Å². The van der Waals surface area contributed by atoms with E-state index in [0.29, 0.717) is 6.04 Å². The second-order valence-electron chi connectivity index (χ2n) is 2.50. The summed E-state index contributed by atoms with van der Waals surface area (Å²) in [5.41, 5.74) is 1.86. The number of hydrogen-bond acceptors (Lipinski definition) is 3. The molecule has 1 rings (SSSR count). The average molecular weight is 229 g/mol. The van der Waals surface area contributed by atoms with E-state index in [9.17, 15) is 0 Å². The van der Waals surface area contributed by atoms with Gasteiger partial charge in [-0.3, -0.25) is 4.98 Å². The van der Waals surface area contributed by atoms with Gasteiger partial charge in [0.05, 0.1) is 5.51 Å². The zero-order chi connectivity index (χ0) is 7.40. The summed E-state index contributed by atoms with van der Waals surface area (Å²) in [6, 6.07) is 0.558. The second-order valence-corrected chi connectivity index (χ2v) is 3.47. The van der Waals surface area contributed by atoms with Crippen molar-refractivity contribution >= 4 is 36.2 Å². The third kappa shape index (κ3) is 5.77. The van der Waals surface area contributed by atoms with Gasteiger partial charge in [0.2, 0.25) is 0 Å². The highest BCUT2D eigenvalue weighted by atomic mass is 35.5. The molecule has 0 aliphatic rings. The molecule has 0 spiro atoms. The van der Waals surface area contributed by atoms with Crippen LogP contribution in [0.3, 0.4) is 0 Å². The molecular formula is C7H14Cl2N2S. The zero-order valence-corrected chi connectivity index (χ0v) is 9.56. The van der Waals surface area contributed by atoms with Crippen molar-refractivity contribution in [2.45, 2.75) is 26.4 Å². The maximum absolute atomic E-state index is 3.98. The Hall–Kier alpha value is 0.170. The molecule has 1 aromatic heterocycles. The fourth-order valence-corrected chi connectivity index (χ4v) is 1.18. The van der Waals surface area contributed by atoms with Gasteiger partial charge >= 0.3 is 0 Å². The van der Waals surface area contributed by atoms with Crippen molar-refractivity contribution in [3.63, 3.8) is 0 Å². The molecule has 12 heavy (non-hydrogen) atoms. The lowest BCUT2D eigenvalue weighted by molar-refractivity contribution is 0.593. The Kier molecular flexibility index (Phi) is 9.54. The summed E-state index contributed by atoms with van der Waals surface area (Å²) in [6.07, 6.45) is 1.90. The van der Waals surface area contributed by atoms with Crippen LogP contribution < -0.4 is 5.32 Å². The highest BCUT2D eigenvalue weighted by Gasteiger charge is 1.94. The minimum atomic E-state index is 0. The lowest BCUT2D eigenvalue weighted by atomic mass is 10.4. The number of hydrogen-bond donors (Lipinski definition) is 1. The molecule has 2 nitrogen and oxygen atoms in total. The Morgan fingerprint density at radius 1 is 1.50 bits per heavy atom. The first-order chi connectivity index (χ1) is 4.79. The molecule has 0 aliphatic heterocycles. The molecule has 0 saturated carbocycles. The van der Waals surface area contributed by atoms with Gasteiger partial charge in [0.25, 0.3) is 0 Å². The number of rotatable bonds is 3. The summed E-state index contributed by atoms with van der Waals surface area (Å²) < 4.78 is 0. The Morgan fingerprint density at radius 2 is 2.17 bits per heavy atom. The molecule has 5 heteroatoms. The van der Waals surface area contributed by atoms with Crippen molar-refractivity contribution in [3.8, 4) is 0 Å². The van der Waals surface area contributed by atoms with E-state index in [2.05, 4.69) is 24.1 Å². The first-order valence-corrected chi connectivity index (χ1v) is 4.28. The van der Waals surface area contributed by atoms with E-state index >= 15 is 0 Å².